The van der Waals surface area contributed by atoms with Gasteiger partial charge in [-0.1, -0.05) is 6.07 Å². The smallest absolute Gasteiger partial charge is 0.146 e. The Morgan fingerprint density at radius 1 is 1.27 bits per heavy atom. The molecule has 0 spiro atoms. The second kappa shape index (κ2) is 4.73. The number of fused-ring (bicyclic) bond motifs is 2. The van der Waals surface area contributed by atoms with Crippen molar-refractivity contribution in [1.82, 2.24) is 14.5 Å². The lowest BCUT2D eigenvalue weighted by Gasteiger charge is -2.07. The van der Waals surface area contributed by atoms with E-state index < -0.39 is 0 Å². The van der Waals surface area contributed by atoms with Crippen LogP contribution in [0.25, 0.3) is 22.2 Å². The summed E-state index contributed by atoms with van der Waals surface area (Å²) in [5.74, 6) is 0.540. The van der Waals surface area contributed by atoms with Gasteiger partial charge in [0.25, 0.3) is 0 Å². The van der Waals surface area contributed by atoms with Gasteiger partial charge in [0.1, 0.15) is 17.8 Å². The van der Waals surface area contributed by atoms with E-state index in [-0.39, 0.29) is 0 Å². The molecule has 3 heterocycles. The number of aromatic nitrogens is 3. The Labute approximate surface area is 129 Å². The molecule has 0 saturated carbocycles. The highest BCUT2D eigenvalue weighted by Gasteiger charge is 2.18. The average Bonchev–Trinajstić information content (AvgIpc) is 3.11. The first-order valence-electron chi connectivity index (χ1n) is 7.63. The molecule has 0 fully saturated rings. The number of hydrogen-bond acceptors (Lipinski definition) is 4. The summed E-state index contributed by atoms with van der Waals surface area (Å²) in [6.07, 6.45) is 4.75. The highest BCUT2D eigenvalue weighted by molar-refractivity contribution is 6.01. The van der Waals surface area contributed by atoms with Crippen LogP contribution in [0.4, 0.5) is 11.5 Å². The minimum absolute atomic E-state index is 0.321. The van der Waals surface area contributed by atoms with Crippen molar-refractivity contribution in [2.24, 2.45) is 0 Å². The molecule has 1 aliphatic heterocycles. The maximum Gasteiger partial charge on any atom is 0.146 e. The standard InChI is InChI=1S/C17H19N5/c1-10(2)22-8-13(15-16(18)20-9-21-17(15)22)11-3-4-14-12(7-11)5-6-19-14/h3-4,7-10,19H,5-6H2,1-2H3,(H2,18,20,21). The molecule has 4 rings (SSSR count). The number of nitrogens with two attached hydrogens (primary N) is 1. The Bertz CT molecular complexity index is 863. The molecule has 0 atom stereocenters. The Morgan fingerprint density at radius 3 is 2.95 bits per heavy atom. The van der Waals surface area contributed by atoms with Crippen LogP contribution in [0.15, 0.2) is 30.7 Å². The van der Waals surface area contributed by atoms with E-state index >= 15 is 0 Å². The lowest BCUT2D eigenvalue weighted by molar-refractivity contribution is 0.618. The van der Waals surface area contributed by atoms with E-state index in [4.69, 9.17) is 5.73 Å². The van der Waals surface area contributed by atoms with E-state index in [9.17, 15) is 0 Å². The number of rotatable bonds is 2. The zero-order chi connectivity index (χ0) is 15.3. The van der Waals surface area contributed by atoms with Crippen molar-refractivity contribution in [3.8, 4) is 11.1 Å². The van der Waals surface area contributed by atoms with Crippen molar-refractivity contribution in [3.05, 3.63) is 36.3 Å². The van der Waals surface area contributed by atoms with Gasteiger partial charge in [-0.15, -0.1) is 0 Å². The Morgan fingerprint density at radius 2 is 2.14 bits per heavy atom. The van der Waals surface area contributed by atoms with Crippen molar-refractivity contribution in [2.45, 2.75) is 26.3 Å². The number of anilines is 2. The SMILES string of the molecule is CC(C)n1cc(-c2ccc3c(c2)CCN3)c2c(N)ncnc21. The van der Waals surface area contributed by atoms with E-state index in [1.165, 1.54) is 23.1 Å². The first-order valence-corrected chi connectivity index (χ1v) is 7.63. The van der Waals surface area contributed by atoms with Gasteiger partial charge in [-0.2, -0.15) is 0 Å². The quantitative estimate of drug-likeness (QED) is 0.761. The van der Waals surface area contributed by atoms with E-state index in [2.05, 4.69) is 58.1 Å². The summed E-state index contributed by atoms with van der Waals surface area (Å²) in [4.78, 5) is 8.62. The average molecular weight is 293 g/mol. The number of hydrogen-bond donors (Lipinski definition) is 2. The van der Waals surface area contributed by atoms with Gasteiger partial charge in [-0.25, -0.2) is 9.97 Å². The monoisotopic (exact) mass is 293 g/mol. The van der Waals surface area contributed by atoms with Crippen molar-refractivity contribution in [2.75, 3.05) is 17.6 Å². The van der Waals surface area contributed by atoms with Gasteiger partial charge in [0.05, 0.1) is 5.39 Å². The third-order valence-electron chi connectivity index (χ3n) is 4.32. The van der Waals surface area contributed by atoms with Crippen LogP contribution in [0.2, 0.25) is 0 Å². The van der Waals surface area contributed by atoms with Crippen LogP contribution < -0.4 is 11.1 Å². The van der Waals surface area contributed by atoms with Crippen LogP contribution in [0.5, 0.6) is 0 Å². The molecule has 0 aliphatic carbocycles. The fourth-order valence-corrected chi connectivity index (χ4v) is 3.19. The topological polar surface area (TPSA) is 68.8 Å². The number of nitrogen functional groups attached to an aromatic ring is 1. The van der Waals surface area contributed by atoms with E-state index in [1.54, 1.807) is 0 Å². The van der Waals surface area contributed by atoms with Crippen molar-refractivity contribution in [1.29, 1.82) is 0 Å². The van der Waals surface area contributed by atoms with Crippen LogP contribution in [-0.2, 0) is 6.42 Å². The molecule has 2 aromatic heterocycles. The van der Waals surface area contributed by atoms with Gasteiger partial charge in [-0.05, 0) is 43.5 Å². The van der Waals surface area contributed by atoms with Gasteiger partial charge in [0.15, 0.2) is 0 Å². The second-order valence-electron chi connectivity index (χ2n) is 6.05. The van der Waals surface area contributed by atoms with Gasteiger partial charge >= 0.3 is 0 Å². The van der Waals surface area contributed by atoms with Crippen molar-refractivity contribution in [3.63, 3.8) is 0 Å². The molecule has 3 N–H and O–H groups in total. The summed E-state index contributed by atoms with van der Waals surface area (Å²) in [6, 6.07) is 6.86. The Balaban J connectivity index is 1.99. The van der Waals surface area contributed by atoms with Crippen molar-refractivity contribution < 1.29 is 0 Å². The Kier molecular flexibility index (Phi) is 2.82. The summed E-state index contributed by atoms with van der Waals surface area (Å²) in [5.41, 5.74) is 11.9. The molecule has 5 nitrogen and oxygen atoms in total. The van der Waals surface area contributed by atoms with Crippen LogP contribution in [0.1, 0.15) is 25.5 Å². The molecule has 5 heteroatoms. The molecule has 22 heavy (non-hydrogen) atoms. The zero-order valence-electron chi connectivity index (χ0n) is 12.8. The molecular weight excluding hydrogens is 274 g/mol. The molecule has 0 amide bonds. The van der Waals surface area contributed by atoms with Gasteiger partial charge in [-0.3, -0.25) is 0 Å². The largest absolute Gasteiger partial charge is 0.384 e. The predicted octanol–water partition coefficient (Wildman–Crippen LogP) is 3.23. The van der Waals surface area contributed by atoms with Crippen LogP contribution >= 0.6 is 0 Å². The Hall–Kier alpha value is -2.56. The van der Waals surface area contributed by atoms with Crippen LogP contribution in [0, 0.1) is 0 Å². The molecule has 0 unspecified atom stereocenters. The maximum absolute atomic E-state index is 6.14. The highest BCUT2D eigenvalue weighted by Crippen LogP contribution is 2.36. The molecule has 0 saturated heterocycles. The molecule has 1 aromatic carbocycles. The predicted molar refractivity (Wildman–Crippen MR) is 90.0 cm³/mol. The lowest BCUT2D eigenvalue weighted by Crippen LogP contribution is -2.00. The summed E-state index contributed by atoms with van der Waals surface area (Å²) >= 11 is 0. The second-order valence-corrected chi connectivity index (χ2v) is 6.05. The summed E-state index contributed by atoms with van der Waals surface area (Å²) in [7, 11) is 0. The van der Waals surface area contributed by atoms with Crippen LogP contribution in [0.3, 0.4) is 0 Å². The minimum Gasteiger partial charge on any atom is -0.384 e. The third kappa shape index (κ3) is 1.85. The summed E-state index contributed by atoms with van der Waals surface area (Å²) in [5, 5.41) is 4.34. The fourth-order valence-electron chi connectivity index (χ4n) is 3.19. The molecule has 1 aliphatic rings. The number of benzene rings is 1. The lowest BCUT2D eigenvalue weighted by atomic mass is 10.0. The summed E-state index contributed by atoms with van der Waals surface area (Å²) < 4.78 is 2.16. The van der Waals surface area contributed by atoms with Gasteiger partial charge in [0, 0.05) is 30.0 Å². The first-order chi connectivity index (χ1) is 10.6. The zero-order valence-corrected chi connectivity index (χ0v) is 12.8. The van der Waals surface area contributed by atoms with Crippen molar-refractivity contribution >= 4 is 22.5 Å². The molecular formula is C17H19N5. The molecule has 0 bridgehead atoms. The fraction of sp³-hybridized carbons (Fsp3) is 0.294. The number of nitrogens with zero attached hydrogens (tertiary/aromatic N) is 3. The number of nitrogens with one attached hydrogen (secondary N) is 1. The molecule has 112 valence electrons. The van der Waals surface area contributed by atoms with E-state index in [1.807, 2.05) is 0 Å². The first kappa shape index (κ1) is 13.1. The van der Waals surface area contributed by atoms with Crippen LogP contribution in [-0.4, -0.2) is 21.1 Å². The summed E-state index contributed by atoms with van der Waals surface area (Å²) in [6.45, 7) is 5.31. The highest BCUT2D eigenvalue weighted by atomic mass is 15.1. The molecule has 0 radical (unpaired) electrons. The third-order valence-corrected chi connectivity index (χ3v) is 4.32. The van der Waals surface area contributed by atoms with E-state index in [0.29, 0.717) is 11.9 Å². The van der Waals surface area contributed by atoms with Gasteiger partial charge < -0.3 is 15.6 Å². The van der Waals surface area contributed by atoms with E-state index in [0.717, 1.165) is 29.6 Å². The normalized spacial score (nSPS) is 13.6. The minimum atomic E-state index is 0.321. The maximum atomic E-state index is 6.14. The van der Waals surface area contributed by atoms with Gasteiger partial charge in [0.2, 0.25) is 0 Å². The molecule has 3 aromatic rings.